The SMILES string of the molecule is COC(CNC(=O)c1ccc2nc(-n3cccc3)sc2c1)OC. The Bertz CT molecular complexity index is 794. The first-order chi connectivity index (χ1) is 11.2. The largest absolute Gasteiger partial charge is 0.354 e. The fourth-order valence-electron chi connectivity index (χ4n) is 2.17. The minimum Gasteiger partial charge on any atom is -0.354 e. The molecule has 3 aromatic rings. The normalized spacial score (nSPS) is 11.3. The third-order valence-electron chi connectivity index (χ3n) is 3.42. The van der Waals surface area contributed by atoms with Crippen molar-refractivity contribution in [3.63, 3.8) is 0 Å². The molecule has 0 saturated carbocycles. The summed E-state index contributed by atoms with van der Waals surface area (Å²) in [6.07, 6.45) is 3.44. The Balaban J connectivity index is 1.78. The lowest BCUT2D eigenvalue weighted by atomic mass is 10.2. The number of carbonyl (C=O) groups excluding carboxylic acids is 1. The van der Waals surface area contributed by atoms with E-state index in [1.807, 2.05) is 41.2 Å². The lowest BCUT2D eigenvalue weighted by Gasteiger charge is -2.13. The molecule has 7 heteroatoms. The fourth-order valence-corrected chi connectivity index (χ4v) is 3.14. The van der Waals surface area contributed by atoms with E-state index >= 15 is 0 Å². The van der Waals surface area contributed by atoms with Crippen molar-refractivity contribution in [1.82, 2.24) is 14.9 Å². The van der Waals surface area contributed by atoms with E-state index in [0.29, 0.717) is 12.1 Å². The Morgan fingerprint density at radius 2 is 2.04 bits per heavy atom. The topological polar surface area (TPSA) is 65.4 Å². The number of nitrogens with zero attached hydrogens (tertiary/aromatic N) is 2. The van der Waals surface area contributed by atoms with Gasteiger partial charge in [-0.3, -0.25) is 4.79 Å². The molecule has 1 N–H and O–H groups in total. The Kier molecular flexibility index (Phi) is 4.71. The van der Waals surface area contributed by atoms with Crippen LogP contribution in [0.5, 0.6) is 0 Å². The van der Waals surface area contributed by atoms with Crippen LogP contribution in [0.3, 0.4) is 0 Å². The minimum atomic E-state index is -0.452. The molecule has 0 spiro atoms. The summed E-state index contributed by atoms with van der Waals surface area (Å²) < 4.78 is 13.0. The molecule has 0 fully saturated rings. The Morgan fingerprint density at radius 1 is 1.30 bits per heavy atom. The maximum absolute atomic E-state index is 12.2. The Morgan fingerprint density at radius 3 is 2.74 bits per heavy atom. The molecule has 0 bridgehead atoms. The van der Waals surface area contributed by atoms with Crippen LogP contribution in [0.25, 0.3) is 15.3 Å². The summed E-state index contributed by atoms with van der Waals surface area (Å²) in [5.74, 6) is -0.165. The zero-order valence-corrected chi connectivity index (χ0v) is 13.7. The molecule has 120 valence electrons. The van der Waals surface area contributed by atoms with Crippen LogP contribution < -0.4 is 5.32 Å². The number of ether oxygens (including phenoxy) is 2. The van der Waals surface area contributed by atoms with Crippen molar-refractivity contribution in [3.05, 3.63) is 48.3 Å². The molecule has 0 aliphatic heterocycles. The van der Waals surface area contributed by atoms with Crippen molar-refractivity contribution in [2.45, 2.75) is 6.29 Å². The van der Waals surface area contributed by atoms with Gasteiger partial charge in [-0.1, -0.05) is 11.3 Å². The molecule has 23 heavy (non-hydrogen) atoms. The molecule has 0 atom stereocenters. The van der Waals surface area contributed by atoms with Crippen LogP contribution in [-0.2, 0) is 9.47 Å². The van der Waals surface area contributed by atoms with Crippen molar-refractivity contribution >= 4 is 27.5 Å². The Hall–Kier alpha value is -2.22. The van der Waals surface area contributed by atoms with Gasteiger partial charge in [0.1, 0.15) is 0 Å². The second-order valence-corrected chi connectivity index (χ2v) is 5.89. The lowest BCUT2D eigenvalue weighted by molar-refractivity contribution is -0.0974. The molecule has 0 aliphatic rings. The van der Waals surface area contributed by atoms with Gasteiger partial charge in [0.15, 0.2) is 11.4 Å². The number of amides is 1. The van der Waals surface area contributed by atoms with Gasteiger partial charge in [-0.15, -0.1) is 0 Å². The van der Waals surface area contributed by atoms with Crippen LogP contribution in [0, 0.1) is 0 Å². The summed E-state index contributed by atoms with van der Waals surface area (Å²) in [4.78, 5) is 16.8. The number of thiazole rings is 1. The van der Waals surface area contributed by atoms with Crippen molar-refractivity contribution in [2.24, 2.45) is 0 Å². The van der Waals surface area contributed by atoms with Crippen molar-refractivity contribution in [1.29, 1.82) is 0 Å². The quantitative estimate of drug-likeness (QED) is 0.705. The van der Waals surface area contributed by atoms with Crippen LogP contribution in [0.15, 0.2) is 42.7 Å². The number of aromatic nitrogens is 2. The summed E-state index contributed by atoms with van der Waals surface area (Å²) in [5, 5.41) is 3.67. The maximum atomic E-state index is 12.2. The van der Waals surface area contributed by atoms with E-state index in [0.717, 1.165) is 15.3 Å². The van der Waals surface area contributed by atoms with Crippen molar-refractivity contribution in [2.75, 3.05) is 20.8 Å². The third kappa shape index (κ3) is 3.42. The zero-order chi connectivity index (χ0) is 16.2. The molecular formula is C16H17N3O3S. The third-order valence-corrected chi connectivity index (χ3v) is 4.45. The van der Waals surface area contributed by atoms with Gasteiger partial charge in [0.25, 0.3) is 5.91 Å². The number of hydrogen-bond acceptors (Lipinski definition) is 5. The summed E-state index contributed by atoms with van der Waals surface area (Å²) in [6.45, 7) is 0.293. The predicted octanol–water partition coefficient (Wildman–Crippen LogP) is 2.44. The monoisotopic (exact) mass is 331 g/mol. The van der Waals surface area contributed by atoms with Crippen molar-refractivity contribution < 1.29 is 14.3 Å². The van der Waals surface area contributed by atoms with Gasteiger partial charge >= 0.3 is 0 Å². The van der Waals surface area contributed by atoms with Gasteiger partial charge in [0, 0.05) is 32.2 Å². The first-order valence-electron chi connectivity index (χ1n) is 7.09. The zero-order valence-electron chi connectivity index (χ0n) is 12.9. The number of carbonyl (C=O) groups is 1. The molecule has 2 heterocycles. The van der Waals surface area contributed by atoms with Crippen LogP contribution in [0.2, 0.25) is 0 Å². The number of fused-ring (bicyclic) bond motifs is 1. The number of methoxy groups -OCH3 is 2. The first kappa shape index (κ1) is 15.7. The second kappa shape index (κ2) is 6.91. The average Bonchev–Trinajstić information content (AvgIpc) is 3.23. The van der Waals surface area contributed by atoms with Crippen LogP contribution >= 0.6 is 11.3 Å². The summed E-state index contributed by atoms with van der Waals surface area (Å²) in [6, 6.07) is 9.38. The molecule has 0 unspecified atom stereocenters. The lowest BCUT2D eigenvalue weighted by Crippen LogP contribution is -2.34. The van der Waals surface area contributed by atoms with Gasteiger partial charge in [-0.25, -0.2) is 4.98 Å². The Labute approximate surface area is 137 Å². The maximum Gasteiger partial charge on any atom is 0.251 e. The highest BCUT2D eigenvalue weighted by molar-refractivity contribution is 7.20. The molecule has 1 aromatic carbocycles. The van der Waals surface area contributed by atoms with E-state index in [2.05, 4.69) is 10.3 Å². The van der Waals surface area contributed by atoms with E-state index in [4.69, 9.17) is 9.47 Å². The van der Waals surface area contributed by atoms with E-state index in [1.54, 1.807) is 17.4 Å². The minimum absolute atomic E-state index is 0.165. The summed E-state index contributed by atoms with van der Waals surface area (Å²) in [5.41, 5.74) is 1.47. The van der Waals surface area contributed by atoms with Gasteiger partial charge in [0.05, 0.1) is 16.8 Å². The molecule has 0 saturated heterocycles. The number of nitrogens with one attached hydrogen (secondary N) is 1. The predicted molar refractivity (Wildman–Crippen MR) is 89.1 cm³/mol. The molecule has 0 aliphatic carbocycles. The number of rotatable bonds is 6. The van der Waals surface area contributed by atoms with Crippen molar-refractivity contribution in [3.8, 4) is 5.13 Å². The number of hydrogen-bond donors (Lipinski definition) is 1. The molecule has 0 radical (unpaired) electrons. The van der Waals surface area contributed by atoms with E-state index < -0.39 is 6.29 Å². The highest BCUT2D eigenvalue weighted by Gasteiger charge is 2.12. The molecule has 1 amide bonds. The van der Waals surface area contributed by atoms with Crippen LogP contribution in [0.1, 0.15) is 10.4 Å². The number of benzene rings is 1. The van der Waals surface area contributed by atoms with E-state index in [-0.39, 0.29) is 5.91 Å². The van der Waals surface area contributed by atoms with E-state index in [9.17, 15) is 4.79 Å². The summed E-state index contributed by atoms with van der Waals surface area (Å²) in [7, 11) is 3.07. The molecule has 2 aromatic heterocycles. The van der Waals surface area contributed by atoms with Gasteiger partial charge < -0.3 is 19.4 Å². The highest BCUT2D eigenvalue weighted by atomic mass is 32.1. The first-order valence-corrected chi connectivity index (χ1v) is 7.90. The van der Waals surface area contributed by atoms with Crippen LogP contribution in [-0.4, -0.2) is 42.5 Å². The molecular weight excluding hydrogens is 314 g/mol. The average molecular weight is 331 g/mol. The second-order valence-electron chi connectivity index (χ2n) is 4.88. The highest BCUT2D eigenvalue weighted by Crippen LogP contribution is 2.25. The van der Waals surface area contributed by atoms with Gasteiger partial charge in [-0.2, -0.15) is 0 Å². The fraction of sp³-hybridized carbons (Fsp3) is 0.250. The van der Waals surface area contributed by atoms with Gasteiger partial charge in [-0.05, 0) is 30.3 Å². The summed E-state index contributed by atoms with van der Waals surface area (Å²) >= 11 is 1.54. The molecule has 3 rings (SSSR count). The van der Waals surface area contributed by atoms with Gasteiger partial charge in [0.2, 0.25) is 0 Å². The smallest absolute Gasteiger partial charge is 0.251 e. The van der Waals surface area contributed by atoms with E-state index in [1.165, 1.54) is 14.2 Å². The standard InChI is InChI=1S/C16H17N3O3S/c1-21-14(22-2)10-17-15(20)11-5-6-12-13(9-11)23-16(18-12)19-7-3-4-8-19/h3-9,14H,10H2,1-2H3,(H,17,20). The molecule has 6 nitrogen and oxygen atoms in total. The van der Waals surface area contributed by atoms with Crippen LogP contribution in [0.4, 0.5) is 0 Å².